The van der Waals surface area contributed by atoms with Crippen LogP contribution >= 0.6 is 23.2 Å². The van der Waals surface area contributed by atoms with Gasteiger partial charge in [0.1, 0.15) is 0 Å². The smallest absolute Gasteiger partial charge is 0.303 e. The lowest BCUT2D eigenvalue weighted by molar-refractivity contribution is -0.137. The van der Waals surface area contributed by atoms with Gasteiger partial charge in [0.2, 0.25) is 0 Å². The first-order valence-corrected chi connectivity index (χ1v) is 7.31. The van der Waals surface area contributed by atoms with Crippen LogP contribution in [0.2, 0.25) is 10.0 Å². The molecule has 20 heavy (non-hydrogen) atoms. The van der Waals surface area contributed by atoms with Gasteiger partial charge in [-0.15, -0.1) is 0 Å². The van der Waals surface area contributed by atoms with Crippen LogP contribution in [0.5, 0.6) is 5.75 Å². The molecule has 0 saturated carbocycles. The highest BCUT2D eigenvalue weighted by Crippen LogP contribution is 2.37. The van der Waals surface area contributed by atoms with Gasteiger partial charge in [-0.25, -0.2) is 0 Å². The van der Waals surface area contributed by atoms with Gasteiger partial charge < -0.3 is 9.84 Å². The van der Waals surface area contributed by atoms with E-state index in [-0.39, 0.29) is 11.8 Å². The van der Waals surface area contributed by atoms with Crippen molar-refractivity contribution in [2.75, 3.05) is 6.61 Å². The van der Waals surface area contributed by atoms with Gasteiger partial charge in [0, 0.05) is 6.42 Å². The summed E-state index contributed by atoms with van der Waals surface area (Å²) in [6, 6.07) is 3.72. The third-order valence-electron chi connectivity index (χ3n) is 2.90. The number of halogens is 2. The van der Waals surface area contributed by atoms with Crippen LogP contribution in [0.1, 0.15) is 45.6 Å². The van der Waals surface area contributed by atoms with Gasteiger partial charge in [-0.1, -0.05) is 44.0 Å². The van der Waals surface area contributed by atoms with Gasteiger partial charge in [-0.3, -0.25) is 4.79 Å². The van der Waals surface area contributed by atoms with Gasteiger partial charge in [0.25, 0.3) is 0 Å². The molecule has 0 radical (unpaired) electrons. The number of ether oxygens (including phenoxy) is 1. The third-order valence-corrected chi connectivity index (χ3v) is 3.46. The van der Waals surface area contributed by atoms with E-state index < -0.39 is 5.97 Å². The molecule has 0 saturated heterocycles. The second-order valence-electron chi connectivity index (χ2n) is 5.72. The molecule has 1 N–H and O–H groups in total. The molecule has 5 heteroatoms. The molecule has 0 aliphatic rings. The SMILES string of the molecule is CC(C)(C)c1cc(Cl)c(OCCCCC(=O)O)c(Cl)c1. The predicted molar refractivity (Wildman–Crippen MR) is 82.1 cm³/mol. The molecular weight excluding hydrogens is 299 g/mol. The molecule has 112 valence electrons. The van der Waals surface area contributed by atoms with E-state index in [1.807, 2.05) is 12.1 Å². The molecule has 0 aliphatic heterocycles. The van der Waals surface area contributed by atoms with Gasteiger partial charge >= 0.3 is 5.97 Å². The van der Waals surface area contributed by atoms with Crippen LogP contribution in [0.15, 0.2) is 12.1 Å². The van der Waals surface area contributed by atoms with E-state index in [1.165, 1.54) is 0 Å². The Kier molecular flexibility index (Phi) is 6.15. The quantitative estimate of drug-likeness (QED) is 0.757. The minimum Gasteiger partial charge on any atom is -0.490 e. The number of carboxylic acid groups (broad SMARTS) is 1. The monoisotopic (exact) mass is 318 g/mol. The summed E-state index contributed by atoms with van der Waals surface area (Å²) in [5, 5.41) is 9.52. The van der Waals surface area contributed by atoms with Crippen LogP contribution < -0.4 is 4.74 Å². The Hall–Kier alpha value is -0.930. The standard InChI is InChI=1S/C15H20Cl2O3/c1-15(2,3)10-8-11(16)14(12(17)9-10)20-7-5-4-6-13(18)19/h8-9H,4-7H2,1-3H3,(H,18,19). The average Bonchev–Trinajstić information content (AvgIpc) is 2.29. The van der Waals surface area contributed by atoms with Crippen molar-refractivity contribution < 1.29 is 14.6 Å². The van der Waals surface area contributed by atoms with E-state index in [4.69, 9.17) is 33.0 Å². The second kappa shape index (κ2) is 7.19. The zero-order valence-electron chi connectivity index (χ0n) is 12.0. The molecule has 0 spiro atoms. The van der Waals surface area contributed by atoms with E-state index in [9.17, 15) is 4.79 Å². The first-order chi connectivity index (χ1) is 9.21. The molecule has 1 aromatic rings. The number of benzene rings is 1. The summed E-state index contributed by atoms with van der Waals surface area (Å²) < 4.78 is 5.56. The third kappa shape index (κ3) is 5.22. The van der Waals surface area contributed by atoms with Crippen LogP contribution in [-0.4, -0.2) is 17.7 Å². The topological polar surface area (TPSA) is 46.5 Å². The van der Waals surface area contributed by atoms with E-state index in [2.05, 4.69) is 20.8 Å². The van der Waals surface area contributed by atoms with Gasteiger partial charge in [0.15, 0.2) is 5.75 Å². The molecule has 1 rings (SSSR count). The van der Waals surface area contributed by atoms with Crippen molar-refractivity contribution in [3.63, 3.8) is 0 Å². The number of carboxylic acids is 1. The normalized spacial score (nSPS) is 11.4. The van der Waals surface area contributed by atoms with Crippen LogP contribution in [-0.2, 0) is 10.2 Å². The average molecular weight is 319 g/mol. The Bertz CT molecular complexity index is 455. The molecule has 0 aliphatic carbocycles. The maximum Gasteiger partial charge on any atom is 0.303 e. The summed E-state index contributed by atoms with van der Waals surface area (Å²) in [6.07, 6.45) is 1.37. The zero-order chi connectivity index (χ0) is 15.3. The summed E-state index contributed by atoms with van der Waals surface area (Å²) in [4.78, 5) is 10.4. The summed E-state index contributed by atoms with van der Waals surface area (Å²) in [5.41, 5.74) is 1.01. The number of carbonyl (C=O) groups is 1. The van der Waals surface area contributed by atoms with E-state index in [0.29, 0.717) is 35.2 Å². The van der Waals surface area contributed by atoms with Crippen LogP contribution in [0, 0.1) is 0 Å². The fourth-order valence-electron chi connectivity index (χ4n) is 1.68. The van der Waals surface area contributed by atoms with Crippen molar-refractivity contribution in [3.05, 3.63) is 27.7 Å². The van der Waals surface area contributed by atoms with E-state index in [0.717, 1.165) is 5.56 Å². The maximum absolute atomic E-state index is 10.4. The van der Waals surface area contributed by atoms with Crippen molar-refractivity contribution in [1.82, 2.24) is 0 Å². The molecule has 0 heterocycles. The largest absolute Gasteiger partial charge is 0.490 e. The predicted octanol–water partition coefficient (Wildman–Crippen LogP) is 4.92. The summed E-state index contributed by atoms with van der Waals surface area (Å²) >= 11 is 12.4. The zero-order valence-corrected chi connectivity index (χ0v) is 13.5. The minimum atomic E-state index is -0.796. The van der Waals surface area contributed by atoms with Gasteiger partial charge in [-0.05, 0) is 36.0 Å². The highest BCUT2D eigenvalue weighted by atomic mass is 35.5. The lowest BCUT2D eigenvalue weighted by Crippen LogP contribution is -2.11. The molecule has 0 fully saturated rings. The highest BCUT2D eigenvalue weighted by molar-refractivity contribution is 6.37. The Balaban J connectivity index is 2.65. The Morgan fingerprint density at radius 2 is 1.75 bits per heavy atom. The van der Waals surface area contributed by atoms with Crippen molar-refractivity contribution in [1.29, 1.82) is 0 Å². The molecule has 0 bridgehead atoms. The molecular formula is C15H20Cl2O3. The maximum atomic E-state index is 10.4. The molecule has 0 aromatic heterocycles. The number of aliphatic carboxylic acids is 1. The molecule has 0 amide bonds. The highest BCUT2D eigenvalue weighted by Gasteiger charge is 2.18. The van der Waals surface area contributed by atoms with Crippen LogP contribution in [0.4, 0.5) is 0 Å². The molecule has 3 nitrogen and oxygen atoms in total. The number of rotatable bonds is 6. The van der Waals surface area contributed by atoms with E-state index in [1.54, 1.807) is 0 Å². The fourth-order valence-corrected chi connectivity index (χ4v) is 2.28. The summed E-state index contributed by atoms with van der Waals surface area (Å²) in [6.45, 7) is 6.66. The van der Waals surface area contributed by atoms with Gasteiger partial charge in [-0.2, -0.15) is 0 Å². The van der Waals surface area contributed by atoms with Crippen molar-refractivity contribution in [2.24, 2.45) is 0 Å². The second-order valence-corrected chi connectivity index (χ2v) is 6.53. The van der Waals surface area contributed by atoms with E-state index >= 15 is 0 Å². The summed E-state index contributed by atoms with van der Waals surface area (Å²) in [7, 11) is 0. The van der Waals surface area contributed by atoms with Crippen molar-refractivity contribution in [3.8, 4) is 5.75 Å². The first kappa shape index (κ1) is 17.1. The first-order valence-electron chi connectivity index (χ1n) is 6.56. The lowest BCUT2D eigenvalue weighted by Gasteiger charge is -2.21. The van der Waals surface area contributed by atoms with Crippen molar-refractivity contribution >= 4 is 29.2 Å². The molecule has 0 atom stereocenters. The Labute approximate surface area is 129 Å². The number of unbranched alkanes of at least 4 members (excludes halogenated alkanes) is 1. The molecule has 1 aromatic carbocycles. The van der Waals surface area contributed by atoms with Crippen LogP contribution in [0.25, 0.3) is 0 Å². The minimum absolute atomic E-state index is 0.0344. The number of hydrogen-bond acceptors (Lipinski definition) is 2. The van der Waals surface area contributed by atoms with Gasteiger partial charge in [0.05, 0.1) is 16.7 Å². The fraction of sp³-hybridized carbons (Fsp3) is 0.533. The Morgan fingerprint density at radius 3 is 2.20 bits per heavy atom. The van der Waals surface area contributed by atoms with Crippen LogP contribution in [0.3, 0.4) is 0 Å². The summed E-state index contributed by atoms with van der Waals surface area (Å²) in [5.74, 6) is -0.327. The Morgan fingerprint density at radius 1 is 1.20 bits per heavy atom. The number of hydrogen-bond donors (Lipinski definition) is 1. The van der Waals surface area contributed by atoms with Crippen molar-refractivity contribution in [2.45, 2.75) is 45.4 Å². The lowest BCUT2D eigenvalue weighted by atomic mass is 9.87. The molecule has 0 unspecified atom stereocenters.